The van der Waals surface area contributed by atoms with E-state index in [-0.39, 0.29) is 17.4 Å². The monoisotopic (exact) mass is 429 g/mol. The second-order valence-electron chi connectivity index (χ2n) is 8.19. The summed E-state index contributed by atoms with van der Waals surface area (Å²) in [6.07, 6.45) is 7.10. The van der Waals surface area contributed by atoms with Crippen molar-refractivity contribution in [1.82, 2.24) is 25.9 Å². The summed E-state index contributed by atoms with van der Waals surface area (Å²) >= 11 is 0. The first-order valence-electron chi connectivity index (χ1n) is 10.8. The molecule has 1 aliphatic rings. The highest BCUT2D eigenvalue weighted by Crippen LogP contribution is 2.39. The molecule has 0 bridgehead atoms. The molecule has 4 N–H and O–H groups in total. The third-order valence-electron chi connectivity index (χ3n) is 6.34. The number of imidazole rings is 1. The summed E-state index contributed by atoms with van der Waals surface area (Å²) in [6.45, 7) is 0.562. The average Bonchev–Trinajstić information content (AvgIpc) is 3.32. The van der Waals surface area contributed by atoms with Gasteiger partial charge in [0.25, 0.3) is 5.91 Å². The summed E-state index contributed by atoms with van der Waals surface area (Å²) in [7, 11) is 1.75. The molecule has 0 spiro atoms. The normalized spacial score (nSPS) is 21.0. The summed E-state index contributed by atoms with van der Waals surface area (Å²) in [5.41, 5.74) is 3.39. The van der Waals surface area contributed by atoms with Crippen molar-refractivity contribution in [2.75, 3.05) is 13.6 Å². The first-order chi connectivity index (χ1) is 15.6. The predicted molar refractivity (Wildman–Crippen MR) is 124 cm³/mol. The van der Waals surface area contributed by atoms with Crippen LogP contribution in [0.4, 0.5) is 0 Å². The Morgan fingerprint density at radius 1 is 1.25 bits per heavy atom. The average molecular weight is 430 g/mol. The van der Waals surface area contributed by atoms with E-state index in [0.29, 0.717) is 18.1 Å². The first-order valence-corrected chi connectivity index (χ1v) is 10.8. The maximum Gasteiger partial charge on any atom is 0.251 e. The number of nitriles is 1. The zero-order valence-corrected chi connectivity index (χ0v) is 18.1. The molecule has 0 aliphatic heterocycles. The number of benzene rings is 2. The van der Waals surface area contributed by atoms with E-state index in [1.54, 1.807) is 13.4 Å². The van der Waals surface area contributed by atoms with Crippen LogP contribution < -0.4 is 16.0 Å². The highest BCUT2D eigenvalue weighted by atomic mass is 16.1. The molecule has 4 rings (SSSR count). The molecule has 3 aromatic rings. The van der Waals surface area contributed by atoms with E-state index in [1.165, 1.54) is 5.56 Å². The number of hydrogen-bond donors (Lipinski definition) is 4. The Hall–Kier alpha value is -3.86. The Morgan fingerprint density at radius 3 is 2.75 bits per heavy atom. The number of nitrogens with one attached hydrogen (secondary N) is 4. The second-order valence-corrected chi connectivity index (χ2v) is 8.19. The van der Waals surface area contributed by atoms with E-state index in [1.807, 2.05) is 42.6 Å². The van der Waals surface area contributed by atoms with Gasteiger partial charge in [0.2, 0.25) is 12.2 Å². The van der Waals surface area contributed by atoms with Gasteiger partial charge in [0.1, 0.15) is 0 Å². The van der Waals surface area contributed by atoms with Gasteiger partial charge >= 0.3 is 0 Å². The summed E-state index contributed by atoms with van der Waals surface area (Å²) < 4.78 is 0. The highest BCUT2D eigenvalue weighted by Gasteiger charge is 2.37. The lowest BCUT2D eigenvalue weighted by Gasteiger charge is -2.41. The second kappa shape index (κ2) is 9.52. The fourth-order valence-electron chi connectivity index (χ4n) is 4.50. The minimum atomic E-state index is -0.141. The number of carbonyl (C=O) groups excluding carboxylic acids is 1. The van der Waals surface area contributed by atoms with Crippen molar-refractivity contribution in [3.05, 3.63) is 66.0 Å². The van der Waals surface area contributed by atoms with Gasteiger partial charge in [-0.15, -0.1) is 4.99 Å². The SMILES string of the molecule is CN/C(=N\C#N)N[C@H]1CC[C@](CNC(=O)c2ccc3[nH]cnc3c2)(c2ccccc2)CC1. The quantitative estimate of drug-likeness (QED) is 0.283. The number of H-pyrrole nitrogens is 1. The Balaban J connectivity index is 1.47. The van der Waals surface area contributed by atoms with E-state index in [9.17, 15) is 4.79 Å². The molecule has 8 heteroatoms. The molecule has 2 aromatic carbocycles. The van der Waals surface area contributed by atoms with Gasteiger partial charge in [-0.25, -0.2) is 4.98 Å². The smallest absolute Gasteiger partial charge is 0.251 e. The van der Waals surface area contributed by atoms with Crippen LogP contribution in [0.1, 0.15) is 41.6 Å². The molecule has 1 aliphatic carbocycles. The molecule has 1 aromatic heterocycles. The summed E-state index contributed by atoms with van der Waals surface area (Å²) in [6, 6.07) is 16.1. The Bertz CT molecular complexity index is 1140. The number of carbonyl (C=O) groups is 1. The van der Waals surface area contributed by atoms with Crippen LogP contribution in [-0.2, 0) is 5.41 Å². The fourth-order valence-corrected chi connectivity index (χ4v) is 4.50. The van der Waals surface area contributed by atoms with Crippen molar-refractivity contribution in [1.29, 1.82) is 5.26 Å². The van der Waals surface area contributed by atoms with E-state index >= 15 is 0 Å². The number of aliphatic imine (C=N–C) groups is 1. The van der Waals surface area contributed by atoms with Gasteiger partial charge in [0.05, 0.1) is 17.4 Å². The van der Waals surface area contributed by atoms with Crippen LogP contribution in [0.5, 0.6) is 0 Å². The highest BCUT2D eigenvalue weighted by molar-refractivity contribution is 5.97. The van der Waals surface area contributed by atoms with Crippen LogP contribution in [0, 0.1) is 11.5 Å². The largest absolute Gasteiger partial charge is 0.359 e. The number of amides is 1. The van der Waals surface area contributed by atoms with Gasteiger partial charge in [-0.2, -0.15) is 5.26 Å². The molecular weight excluding hydrogens is 402 g/mol. The topological polar surface area (TPSA) is 118 Å². The van der Waals surface area contributed by atoms with E-state index in [4.69, 9.17) is 5.26 Å². The molecule has 0 atom stereocenters. The van der Waals surface area contributed by atoms with Gasteiger partial charge in [0, 0.05) is 30.6 Å². The van der Waals surface area contributed by atoms with E-state index in [2.05, 4.69) is 43.0 Å². The van der Waals surface area contributed by atoms with Gasteiger partial charge in [-0.3, -0.25) is 4.79 Å². The number of hydrogen-bond acceptors (Lipinski definition) is 4. The van der Waals surface area contributed by atoms with E-state index < -0.39 is 0 Å². The molecule has 32 heavy (non-hydrogen) atoms. The maximum atomic E-state index is 12.9. The number of rotatable bonds is 5. The minimum absolute atomic E-state index is 0.0934. The summed E-state index contributed by atoms with van der Waals surface area (Å²) in [5.74, 6) is 0.399. The molecule has 0 radical (unpaired) electrons. The van der Waals surface area contributed by atoms with Crippen molar-refractivity contribution >= 4 is 22.9 Å². The number of aromatic nitrogens is 2. The number of guanidine groups is 1. The Morgan fingerprint density at radius 2 is 2.03 bits per heavy atom. The molecule has 0 unspecified atom stereocenters. The zero-order chi connectivity index (χ0) is 22.4. The third kappa shape index (κ3) is 4.57. The summed E-state index contributed by atoms with van der Waals surface area (Å²) in [4.78, 5) is 24.0. The van der Waals surface area contributed by atoms with Crippen molar-refractivity contribution in [3.8, 4) is 6.19 Å². The van der Waals surface area contributed by atoms with Crippen LogP contribution in [0.3, 0.4) is 0 Å². The van der Waals surface area contributed by atoms with Crippen molar-refractivity contribution in [2.24, 2.45) is 4.99 Å². The van der Waals surface area contributed by atoms with Crippen molar-refractivity contribution in [3.63, 3.8) is 0 Å². The van der Waals surface area contributed by atoms with Crippen molar-refractivity contribution in [2.45, 2.75) is 37.1 Å². The van der Waals surface area contributed by atoms with Crippen LogP contribution >= 0.6 is 0 Å². The molecule has 1 fully saturated rings. The van der Waals surface area contributed by atoms with Gasteiger partial charge in [-0.1, -0.05) is 30.3 Å². The first kappa shape index (κ1) is 21.4. The van der Waals surface area contributed by atoms with Gasteiger partial charge in [-0.05, 0) is 49.4 Å². The number of nitrogens with zero attached hydrogens (tertiary/aromatic N) is 3. The standard InChI is InChI=1S/C24H27N7O/c1-26-23(28-15-25)31-19-9-11-24(12-10-19,18-5-3-2-4-6-18)14-27-22(32)17-7-8-20-21(13-17)30-16-29-20/h2-8,13,16,19H,9-12,14H2,1H3,(H,27,32)(H,29,30)(H2,26,28,31)/t19-,24-. The minimum Gasteiger partial charge on any atom is -0.359 e. The van der Waals surface area contributed by atoms with Crippen LogP contribution in [-0.4, -0.2) is 41.5 Å². The zero-order valence-electron chi connectivity index (χ0n) is 18.1. The molecule has 1 amide bonds. The maximum absolute atomic E-state index is 12.9. The van der Waals surface area contributed by atoms with Gasteiger partial charge in [0.15, 0.2) is 0 Å². The number of fused-ring (bicyclic) bond motifs is 1. The Kier molecular flexibility index (Phi) is 6.36. The fraction of sp³-hybridized carbons (Fsp3) is 0.333. The van der Waals surface area contributed by atoms with Crippen LogP contribution in [0.25, 0.3) is 11.0 Å². The number of aromatic amines is 1. The lowest BCUT2D eigenvalue weighted by Crippen LogP contribution is -2.49. The Labute approximate surface area is 187 Å². The van der Waals surface area contributed by atoms with Gasteiger partial charge < -0.3 is 20.9 Å². The molecule has 164 valence electrons. The van der Waals surface area contributed by atoms with Crippen LogP contribution in [0.15, 0.2) is 59.9 Å². The molecule has 1 heterocycles. The van der Waals surface area contributed by atoms with Crippen molar-refractivity contribution < 1.29 is 4.79 Å². The molecular formula is C24H27N7O. The molecule has 1 saturated carbocycles. The van der Waals surface area contributed by atoms with Crippen LogP contribution in [0.2, 0.25) is 0 Å². The van der Waals surface area contributed by atoms with E-state index in [0.717, 1.165) is 36.7 Å². The lowest BCUT2D eigenvalue weighted by atomic mass is 9.68. The summed E-state index contributed by atoms with van der Waals surface area (Å²) in [5, 5.41) is 18.2. The molecule has 0 saturated heterocycles. The lowest BCUT2D eigenvalue weighted by molar-refractivity contribution is 0.0935. The third-order valence-corrected chi connectivity index (χ3v) is 6.34. The predicted octanol–water partition coefficient (Wildman–Crippen LogP) is 2.82. The molecule has 8 nitrogen and oxygen atoms in total.